The number of aliphatic carboxylic acids is 1. The number of ether oxygens (including phenoxy) is 1. The lowest BCUT2D eigenvalue weighted by atomic mass is 10.0. The minimum atomic E-state index is -1.12. The fourth-order valence-electron chi connectivity index (χ4n) is 2.35. The number of nitrogens with one attached hydrogen (secondary N) is 2. The van der Waals surface area contributed by atoms with Crippen LogP contribution in [0.4, 0.5) is 5.69 Å². The molecule has 3 N–H and O–H groups in total. The van der Waals surface area contributed by atoms with Crippen molar-refractivity contribution < 1.29 is 24.2 Å². The van der Waals surface area contributed by atoms with Crippen LogP contribution in [0.1, 0.15) is 34.1 Å². The standard InChI is InChI=1S/C18H20N2O5/c1-2-15(18(23)24)20-17(22)13-7-5-8-16(14(13)11-21)19-10-12-6-3-4-9-25-12/h3-8,11,15,19H,2,9-10H2,1H3,(H,20,22)(H,23,24). The van der Waals surface area contributed by atoms with Gasteiger partial charge in [0.05, 0.1) is 17.7 Å². The third kappa shape index (κ3) is 4.69. The minimum absolute atomic E-state index is 0.123. The van der Waals surface area contributed by atoms with Gasteiger partial charge in [-0.2, -0.15) is 0 Å². The lowest BCUT2D eigenvalue weighted by molar-refractivity contribution is -0.139. The first-order valence-corrected chi connectivity index (χ1v) is 7.91. The second-order valence-electron chi connectivity index (χ2n) is 5.38. The molecule has 1 aliphatic heterocycles. The Morgan fingerprint density at radius 2 is 2.20 bits per heavy atom. The predicted octanol–water partition coefficient (Wildman–Crippen LogP) is 1.97. The van der Waals surface area contributed by atoms with Crippen molar-refractivity contribution in [2.24, 2.45) is 0 Å². The first kappa shape index (κ1) is 18.3. The summed E-state index contributed by atoms with van der Waals surface area (Å²) in [5, 5.41) is 14.5. The van der Waals surface area contributed by atoms with Crippen molar-refractivity contribution in [2.75, 3.05) is 18.5 Å². The Hall–Kier alpha value is -3.09. The quantitative estimate of drug-likeness (QED) is 0.623. The summed E-state index contributed by atoms with van der Waals surface area (Å²) in [4.78, 5) is 34.9. The molecule has 1 unspecified atom stereocenters. The molecule has 0 spiro atoms. The summed E-state index contributed by atoms with van der Waals surface area (Å²) in [5.74, 6) is -1.01. The Labute approximate surface area is 145 Å². The Morgan fingerprint density at radius 3 is 2.80 bits per heavy atom. The lowest BCUT2D eigenvalue weighted by Gasteiger charge is -2.17. The number of amides is 1. The summed E-state index contributed by atoms with van der Waals surface area (Å²) in [6, 6.07) is 3.78. The molecule has 1 atom stereocenters. The summed E-state index contributed by atoms with van der Waals surface area (Å²) in [6.45, 7) is 2.51. The maximum absolute atomic E-state index is 12.3. The molecule has 1 aromatic rings. The van der Waals surface area contributed by atoms with Gasteiger partial charge in [-0.1, -0.05) is 19.1 Å². The van der Waals surface area contributed by atoms with E-state index in [1.54, 1.807) is 19.1 Å². The van der Waals surface area contributed by atoms with Crippen LogP contribution in [0.25, 0.3) is 0 Å². The molecule has 25 heavy (non-hydrogen) atoms. The largest absolute Gasteiger partial charge is 0.492 e. The number of rotatable bonds is 8. The van der Waals surface area contributed by atoms with Gasteiger partial charge in [-0.05, 0) is 30.7 Å². The van der Waals surface area contributed by atoms with E-state index < -0.39 is 17.9 Å². The number of carbonyl (C=O) groups is 3. The minimum Gasteiger partial charge on any atom is -0.492 e. The van der Waals surface area contributed by atoms with Gasteiger partial charge in [0.1, 0.15) is 18.4 Å². The van der Waals surface area contributed by atoms with E-state index in [1.165, 1.54) is 6.07 Å². The van der Waals surface area contributed by atoms with Crippen LogP contribution in [0.5, 0.6) is 0 Å². The Morgan fingerprint density at radius 1 is 1.40 bits per heavy atom. The predicted molar refractivity (Wildman–Crippen MR) is 92.7 cm³/mol. The SMILES string of the molecule is CCC(NC(=O)c1cccc(NCC2=CC=CCO2)c1C=O)C(=O)O. The van der Waals surface area contributed by atoms with Gasteiger partial charge in [0.25, 0.3) is 5.91 Å². The zero-order valence-corrected chi connectivity index (χ0v) is 13.8. The second kappa shape index (κ2) is 8.68. The summed E-state index contributed by atoms with van der Waals surface area (Å²) in [7, 11) is 0. The first-order valence-electron chi connectivity index (χ1n) is 7.91. The van der Waals surface area contributed by atoms with Crippen LogP contribution in [0, 0.1) is 0 Å². The number of aldehydes is 1. The average Bonchev–Trinajstić information content (AvgIpc) is 2.64. The maximum atomic E-state index is 12.3. The zero-order chi connectivity index (χ0) is 18.2. The molecule has 1 aliphatic rings. The van der Waals surface area contributed by atoms with Crippen molar-refractivity contribution in [1.82, 2.24) is 5.32 Å². The van der Waals surface area contributed by atoms with Crippen LogP contribution in [0.3, 0.4) is 0 Å². The van der Waals surface area contributed by atoms with Crippen LogP contribution in [0.15, 0.2) is 42.2 Å². The highest BCUT2D eigenvalue weighted by atomic mass is 16.5. The number of anilines is 1. The summed E-state index contributed by atoms with van der Waals surface area (Å²) >= 11 is 0. The van der Waals surface area contributed by atoms with E-state index in [9.17, 15) is 14.4 Å². The van der Waals surface area contributed by atoms with Gasteiger partial charge in [0, 0.05) is 5.69 Å². The highest BCUT2D eigenvalue weighted by Gasteiger charge is 2.21. The fraction of sp³-hybridized carbons (Fsp3) is 0.278. The molecule has 1 aromatic carbocycles. The van der Waals surface area contributed by atoms with Crippen molar-refractivity contribution in [3.8, 4) is 0 Å². The molecule has 0 aliphatic carbocycles. The number of carboxylic acids is 1. The summed E-state index contributed by atoms with van der Waals surface area (Å²) < 4.78 is 5.42. The van der Waals surface area contributed by atoms with Gasteiger partial charge in [0.15, 0.2) is 6.29 Å². The third-order valence-corrected chi connectivity index (χ3v) is 3.72. The van der Waals surface area contributed by atoms with Gasteiger partial charge < -0.3 is 20.5 Å². The van der Waals surface area contributed by atoms with Crippen molar-refractivity contribution in [2.45, 2.75) is 19.4 Å². The van der Waals surface area contributed by atoms with Crippen molar-refractivity contribution >= 4 is 23.9 Å². The van der Waals surface area contributed by atoms with Crippen molar-refractivity contribution in [1.29, 1.82) is 0 Å². The van der Waals surface area contributed by atoms with Gasteiger partial charge in [-0.3, -0.25) is 9.59 Å². The highest BCUT2D eigenvalue weighted by Crippen LogP contribution is 2.19. The number of allylic oxidation sites excluding steroid dienone is 2. The number of carboxylic acid groups (broad SMARTS) is 1. The molecule has 1 heterocycles. The lowest BCUT2D eigenvalue weighted by Crippen LogP contribution is -2.40. The van der Waals surface area contributed by atoms with Gasteiger partial charge in [0.2, 0.25) is 0 Å². The first-order chi connectivity index (χ1) is 12.1. The molecule has 0 fully saturated rings. The number of hydrogen-bond acceptors (Lipinski definition) is 5. The normalized spacial score (nSPS) is 14.0. The molecule has 7 nitrogen and oxygen atoms in total. The smallest absolute Gasteiger partial charge is 0.326 e. The highest BCUT2D eigenvalue weighted by molar-refractivity contribution is 6.05. The van der Waals surface area contributed by atoms with E-state index in [1.807, 2.05) is 18.2 Å². The molecule has 7 heteroatoms. The molecule has 132 valence electrons. The van der Waals surface area contributed by atoms with Gasteiger partial charge in [-0.25, -0.2) is 4.79 Å². The van der Waals surface area contributed by atoms with Crippen LogP contribution in [-0.4, -0.2) is 42.5 Å². The summed E-state index contributed by atoms with van der Waals surface area (Å²) in [6.07, 6.45) is 6.38. The van der Waals surface area contributed by atoms with E-state index in [-0.39, 0.29) is 17.5 Å². The van der Waals surface area contributed by atoms with Crippen LogP contribution < -0.4 is 10.6 Å². The van der Waals surface area contributed by atoms with E-state index in [0.717, 1.165) is 0 Å². The topological polar surface area (TPSA) is 105 Å². The van der Waals surface area contributed by atoms with E-state index >= 15 is 0 Å². The molecular formula is C18H20N2O5. The third-order valence-electron chi connectivity index (χ3n) is 3.72. The molecule has 0 radical (unpaired) electrons. The van der Waals surface area contributed by atoms with Crippen LogP contribution >= 0.6 is 0 Å². The molecular weight excluding hydrogens is 324 g/mol. The van der Waals surface area contributed by atoms with Crippen molar-refractivity contribution in [3.63, 3.8) is 0 Å². The van der Waals surface area contributed by atoms with Crippen molar-refractivity contribution in [3.05, 3.63) is 53.3 Å². The molecule has 2 rings (SSSR count). The van der Waals surface area contributed by atoms with Crippen LogP contribution in [-0.2, 0) is 9.53 Å². The molecule has 1 amide bonds. The molecule has 0 saturated heterocycles. The summed E-state index contributed by atoms with van der Waals surface area (Å²) in [5.41, 5.74) is 0.774. The Bertz CT molecular complexity index is 724. The number of hydrogen-bond donors (Lipinski definition) is 3. The Kier molecular flexibility index (Phi) is 6.33. The molecule has 0 saturated carbocycles. The fourth-order valence-corrected chi connectivity index (χ4v) is 2.35. The average molecular weight is 344 g/mol. The van der Waals surface area contributed by atoms with E-state index in [4.69, 9.17) is 9.84 Å². The number of carbonyl (C=O) groups excluding carboxylic acids is 2. The molecule has 0 bridgehead atoms. The van der Waals surface area contributed by atoms with Gasteiger partial charge >= 0.3 is 5.97 Å². The monoisotopic (exact) mass is 344 g/mol. The van der Waals surface area contributed by atoms with Gasteiger partial charge in [-0.15, -0.1) is 0 Å². The Balaban J connectivity index is 2.17. The van der Waals surface area contributed by atoms with E-state index in [2.05, 4.69) is 10.6 Å². The maximum Gasteiger partial charge on any atom is 0.326 e. The molecule has 0 aromatic heterocycles. The van der Waals surface area contributed by atoms with Crippen LogP contribution in [0.2, 0.25) is 0 Å². The van der Waals surface area contributed by atoms with E-state index in [0.29, 0.717) is 30.9 Å². The number of benzene rings is 1. The second-order valence-corrected chi connectivity index (χ2v) is 5.38. The zero-order valence-electron chi connectivity index (χ0n) is 13.8.